The molecule has 6 nitrogen and oxygen atoms in total. The van der Waals surface area contributed by atoms with E-state index in [1.54, 1.807) is 6.33 Å². The molecule has 3 heterocycles. The number of aromatic nitrogens is 3. The number of hydrogen-bond donors (Lipinski definition) is 1. The van der Waals surface area contributed by atoms with Crippen LogP contribution in [0.2, 0.25) is 0 Å². The van der Waals surface area contributed by atoms with Crippen LogP contribution in [-0.4, -0.2) is 51.9 Å². The van der Waals surface area contributed by atoms with Crippen molar-refractivity contribution in [2.45, 2.75) is 32.2 Å². The highest BCUT2D eigenvalue weighted by molar-refractivity contribution is 5.87. The third-order valence-corrected chi connectivity index (χ3v) is 5.60. The van der Waals surface area contributed by atoms with Gasteiger partial charge in [-0.15, -0.1) is 0 Å². The number of likely N-dealkylation sites (tertiary alicyclic amines) is 1. The van der Waals surface area contributed by atoms with E-state index in [9.17, 15) is 4.79 Å². The van der Waals surface area contributed by atoms with E-state index in [-0.39, 0.29) is 0 Å². The highest BCUT2D eigenvalue weighted by atomic mass is 16.2. The molecule has 6 heteroatoms. The van der Waals surface area contributed by atoms with Crippen molar-refractivity contribution in [2.75, 3.05) is 25.0 Å². The summed E-state index contributed by atoms with van der Waals surface area (Å²) >= 11 is 0. The van der Waals surface area contributed by atoms with Crippen molar-refractivity contribution in [3.8, 4) is 0 Å². The van der Waals surface area contributed by atoms with Crippen molar-refractivity contribution in [1.29, 1.82) is 0 Å². The second kappa shape index (κ2) is 5.51. The molecule has 23 heavy (non-hydrogen) atoms. The van der Waals surface area contributed by atoms with Gasteiger partial charge >= 0.3 is 0 Å². The van der Waals surface area contributed by atoms with Gasteiger partial charge in [0.1, 0.15) is 17.8 Å². The molecule has 2 aromatic rings. The van der Waals surface area contributed by atoms with Crippen molar-refractivity contribution in [3.63, 3.8) is 0 Å². The molecule has 1 amide bonds. The third-order valence-electron chi connectivity index (χ3n) is 5.60. The SMILES string of the molecule is CCC(=O)N1C[C@H]2C[C@@H](N(C)c3ncnc4[nH]ccc34)C[C@H]2C1. The maximum absolute atomic E-state index is 11.9. The predicted octanol–water partition coefficient (Wildman–Crippen LogP) is 2.04. The Morgan fingerprint density at radius 3 is 2.78 bits per heavy atom. The highest BCUT2D eigenvalue weighted by Gasteiger charge is 2.43. The van der Waals surface area contributed by atoms with Gasteiger partial charge in [0.15, 0.2) is 0 Å². The van der Waals surface area contributed by atoms with Gasteiger partial charge in [-0.3, -0.25) is 4.79 Å². The molecule has 2 aromatic heterocycles. The van der Waals surface area contributed by atoms with Crippen LogP contribution in [-0.2, 0) is 4.79 Å². The number of carbonyl (C=O) groups excluding carboxylic acids is 1. The van der Waals surface area contributed by atoms with E-state index >= 15 is 0 Å². The summed E-state index contributed by atoms with van der Waals surface area (Å²) in [5, 5.41) is 1.08. The van der Waals surface area contributed by atoms with Crippen LogP contribution in [0, 0.1) is 11.8 Å². The number of H-pyrrole nitrogens is 1. The largest absolute Gasteiger partial charge is 0.356 e. The van der Waals surface area contributed by atoms with E-state index < -0.39 is 0 Å². The highest BCUT2D eigenvalue weighted by Crippen LogP contribution is 2.41. The molecule has 3 atom stereocenters. The summed E-state index contributed by atoms with van der Waals surface area (Å²) in [6, 6.07) is 2.54. The third kappa shape index (κ3) is 2.36. The molecule has 0 radical (unpaired) electrons. The van der Waals surface area contributed by atoms with Gasteiger partial charge in [-0.25, -0.2) is 9.97 Å². The zero-order valence-corrected chi connectivity index (χ0v) is 13.7. The van der Waals surface area contributed by atoms with Crippen LogP contribution in [0.3, 0.4) is 0 Å². The molecule has 1 aliphatic carbocycles. The second-order valence-corrected chi connectivity index (χ2v) is 6.85. The Balaban J connectivity index is 1.49. The Bertz CT molecular complexity index is 713. The summed E-state index contributed by atoms with van der Waals surface area (Å²) in [6.45, 7) is 3.82. The summed E-state index contributed by atoms with van der Waals surface area (Å²) in [6.07, 6.45) is 6.45. The van der Waals surface area contributed by atoms with Crippen molar-refractivity contribution in [3.05, 3.63) is 18.6 Å². The number of amides is 1. The van der Waals surface area contributed by atoms with Gasteiger partial charge in [0.25, 0.3) is 0 Å². The van der Waals surface area contributed by atoms with Gasteiger partial charge < -0.3 is 14.8 Å². The van der Waals surface area contributed by atoms with Gasteiger partial charge in [0.2, 0.25) is 5.91 Å². The molecule has 0 unspecified atom stereocenters. The fourth-order valence-corrected chi connectivity index (χ4v) is 4.32. The van der Waals surface area contributed by atoms with E-state index in [2.05, 4.69) is 31.8 Å². The number of aromatic amines is 1. The topological polar surface area (TPSA) is 65.1 Å². The normalized spacial score (nSPS) is 26.7. The number of nitrogens with zero attached hydrogens (tertiary/aromatic N) is 4. The molecule has 1 N–H and O–H groups in total. The number of carbonyl (C=O) groups is 1. The lowest BCUT2D eigenvalue weighted by Crippen LogP contribution is -2.34. The van der Waals surface area contributed by atoms with Crippen LogP contribution in [0.1, 0.15) is 26.2 Å². The van der Waals surface area contributed by atoms with E-state index in [0.29, 0.717) is 30.2 Å². The maximum atomic E-state index is 11.9. The zero-order chi connectivity index (χ0) is 16.0. The average Bonchev–Trinajstić information content (AvgIpc) is 3.26. The number of fused-ring (bicyclic) bond motifs is 2. The first-order chi connectivity index (χ1) is 11.2. The van der Waals surface area contributed by atoms with Crippen molar-refractivity contribution in [2.24, 2.45) is 11.8 Å². The molecule has 1 aliphatic heterocycles. The molecule has 0 aromatic carbocycles. The number of hydrogen-bond acceptors (Lipinski definition) is 4. The predicted molar refractivity (Wildman–Crippen MR) is 89.2 cm³/mol. The summed E-state index contributed by atoms with van der Waals surface area (Å²) in [5.41, 5.74) is 0.889. The van der Waals surface area contributed by atoms with Crippen LogP contribution in [0.15, 0.2) is 18.6 Å². The minimum absolute atomic E-state index is 0.300. The summed E-state index contributed by atoms with van der Waals surface area (Å²) in [7, 11) is 2.13. The standard InChI is InChI=1S/C17H23N5O/c1-3-15(23)22-8-11-6-13(7-12(11)9-22)21(2)17-14-4-5-18-16(14)19-10-20-17/h4-5,10-13H,3,6-9H2,1-2H3,(H,18,19,20)/t11-,12+,13-. The lowest BCUT2D eigenvalue weighted by Gasteiger charge is -2.28. The van der Waals surface area contributed by atoms with Crippen LogP contribution in [0.25, 0.3) is 11.0 Å². The molecule has 0 bridgehead atoms. The molecule has 2 aliphatic rings. The summed E-state index contributed by atoms with van der Waals surface area (Å²) in [5.74, 6) is 2.58. The van der Waals surface area contributed by atoms with Crippen LogP contribution in [0.5, 0.6) is 0 Å². The van der Waals surface area contributed by atoms with E-state index in [4.69, 9.17) is 0 Å². The summed E-state index contributed by atoms with van der Waals surface area (Å²) in [4.78, 5) is 28.2. The summed E-state index contributed by atoms with van der Waals surface area (Å²) < 4.78 is 0. The van der Waals surface area contributed by atoms with E-state index in [1.807, 2.05) is 19.2 Å². The van der Waals surface area contributed by atoms with Gasteiger partial charge in [0, 0.05) is 38.8 Å². The Labute approximate surface area is 135 Å². The Hall–Kier alpha value is -2.11. The van der Waals surface area contributed by atoms with Gasteiger partial charge in [-0.1, -0.05) is 6.92 Å². The van der Waals surface area contributed by atoms with Crippen LogP contribution < -0.4 is 4.90 Å². The number of anilines is 1. The maximum Gasteiger partial charge on any atom is 0.222 e. The van der Waals surface area contributed by atoms with E-state index in [1.165, 1.54) is 0 Å². The second-order valence-electron chi connectivity index (χ2n) is 6.85. The van der Waals surface area contributed by atoms with Crippen molar-refractivity contribution >= 4 is 22.8 Å². The van der Waals surface area contributed by atoms with E-state index in [0.717, 1.165) is 42.8 Å². The first-order valence-corrected chi connectivity index (χ1v) is 8.46. The Kier molecular flexibility index (Phi) is 3.47. The Morgan fingerprint density at radius 2 is 2.09 bits per heavy atom. The van der Waals surface area contributed by atoms with Gasteiger partial charge in [-0.2, -0.15) is 0 Å². The minimum atomic E-state index is 0.300. The molecular formula is C17H23N5O. The fraction of sp³-hybridized carbons (Fsp3) is 0.588. The minimum Gasteiger partial charge on any atom is -0.356 e. The first-order valence-electron chi connectivity index (χ1n) is 8.46. The number of nitrogens with one attached hydrogen (secondary N) is 1. The quantitative estimate of drug-likeness (QED) is 0.942. The molecule has 122 valence electrons. The molecule has 0 spiro atoms. The van der Waals surface area contributed by atoms with Crippen molar-refractivity contribution in [1.82, 2.24) is 19.9 Å². The van der Waals surface area contributed by atoms with Gasteiger partial charge in [0.05, 0.1) is 5.39 Å². The average molecular weight is 313 g/mol. The molecular weight excluding hydrogens is 290 g/mol. The lowest BCUT2D eigenvalue weighted by atomic mass is 10.0. The molecule has 1 saturated heterocycles. The molecule has 4 rings (SSSR count). The molecule has 2 fully saturated rings. The van der Waals surface area contributed by atoms with Crippen LogP contribution in [0.4, 0.5) is 5.82 Å². The van der Waals surface area contributed by atoms with Crippen molar-refractivity contribution < 1.29 is 4.79 Å². The Morgan fingerprint density at radius 1 is 1.35 bits per heavy atom. The van der Waals surface area contributed by atoms with Gasteiger partial charge in [-0.05, 0) is 30.7 Å². The number of rotatable bonds is 3. The van der Waals surface area contributed by atoms with Crippen LogP contribution >= 0.6 is 0 Å². The monoisotopic (exact) mass is 313 g/mol. The first kappa shape index (κ1) is 14.5. The smallest absolute Gasteiger partial charge is 0.222 e. The molecule has 1 saturated carbocycles. The zero-order valence-electron chi connectivity index (χ0n) is 13.7. The lowest BCUT2D eigenvalue weighted by molar-refractivity contribution is -0.130. The fourth-order valence-electron chi connectivity index (χ4n) is 4.32.